The fourth-order valence-corrected chi connectivity index (χ4v) is 3.67. The molecule has 0 bridgehead atoms. The molecule has 160 valence electrons. The fraction of sp³-hybridized carbons (Fsp3) is 0.545. The molecule has 1 aromatic heterocycles. The molecule has 2 rings (SSSR count). The average Bonchev–Trinajstić information content (AvgIpc) is 2.57. The van der Waals surface area contributed by atoms with Crippen LogP contribution in [0.25, 0.3) is 11.1 Å². The van der Waals surface area contributed by atoms with E-state index in [9.17, 15) is 8.42 Å². The first-order valence-electron chi connectivity index (χ1n) is 9.76. The summed E-state index contributed by atoms with van der Waals surface area (Å²) < 4.78 is 34.0. The summed E-state index contributed by atoms with van der Waals surface area (Å²) >= 11 is 0. The van der Waals surface area contributed by atoms with Crippen LogP contribution >= 0.6 is 0 Å². The van der Waals surface area contributed by atoms with Gasteiger partial charge in [0, 0.05) is 11.8 Å². The molecule has 2 aromatic rings. The molecule has 0 spiro atoms. The molecule has 0 aliphatic rings. The average molecular weight is 421 g/mol. The highest BCUT2D eigenvalue weighted by molar-refractivity contribution is 7.90. The van der Waals surface area contributed by atoms with Gasteiger partial charge < -0.3 is 9.47 Å². The number of nitrogens with zero attached hydrogens (tertiary/aromatic N) is 2. The first-order chi connectivity index (χ1) is 13.4. The smallest absolute Gasteiger partial charge is 0.316 e. The summed E-state index contributed by atoms with van der Waals surface area (Å²) in [6.45, 7) is 12.9. The number of sulfone groups is 1. The third-order valence-corrected chi connectivity index (χ3v) is 5.55. The third kappa shape index (κ3) is 7.08. The summed E-state index contributed by atoms with van der Waals surface area (Å²) in [6.07, 6.45) is 1.63. The normalized spacial score (nSPS) is 12.2. The van der Waals surface area contributed by atoms with Crippen LogP contribution in [0, 0.1) is 20.8 Å². The molecule has 0 aliphatic heterocycles. The van der Waals surface area contributed by atoms with E-state index in [1.165, 1.54) is 6.26 Å². The molecule has 0 radical (unpaired) electrons. The van der Waals surface area contributed by atoms with Gasteiger partial charge in [-0.25, -0.2) is 8.42 Å². The topological polar surface area (TPSA) is 78.4 Å². The van der Waals surface area contributed by atoms with Crippen molar-refractivity contribution in [3.05, 3.63) is 40.7 Å². The van der Waals surface area contributed by atoms with Crippen LogP contribution in [0.4, 0.5) is 0 Å². The van der Waals surface area contributed by atoms with E-state index >= 15 is 0 Å². The first-order valence-corrected chi connectivity index (χ1v) is 11.8. The van der Waals surface area contributed by atoms with Crippen molar-refractivity contribution in [3.8, 4) is 17.1 Å². The fourth-order valence-electron chi connectivity index (χ4n) is 3.03. The lowest BCUT2D eigenvalue weighted by Crippen LogP contribution is -2.19. The molecular formula is C22H32N2O4S. The van der Waals surface area contributed by atoms with E-state index in [0.29, 0.717) is 13.0 Å². The Morgan fingerprint density at radius 3 is 2.21 bits per heavy atom. The number of benzene rings is 1. The van der Waals surface area contributed by atoms with Crippen LogP contribution < -0.4 is 4.74 Å². The number of rotatable bonds is 8. The number of aryl methyl sites for hydroxylation is 2. The standard InChI is InChI=1S/C22H32N2O4S/c1-15-18(14-28-22(4,5)6)10-8-11-19(15)20-16(2)23-21(24-17(20)3)27-12-9-13-29(7,25)26/h8,10-11H,9,12-14H2,1-7H3. The molecule has 0 saturated carbocycles. The number of hydrogen-bond donors (Lipinski definition) is 0. The summed E-state index contributed by atoms with van der Waals surface area (Å²) in [7, 11) is -2.99. The summed E-state index contributed by atoms with van der Waals surface area (Å²) in [5.74, 6) is 0.0890. The minimum absolute atomic E-state index is 0.0890. The monoisotopic (exact) mass is 420 g/mol. The van der Waals surface area contributed by atoms with E-state index < -0.39 is 9.84 Å². The van der Waals surface area contributed by atoms with Crippen molar-refractivity contribution in [3.63, 3.8) is 0 Å². The van der Waals surface area contributed by atoms with Crippen LogP contribution in [0.2, 0.25) is 0 Å². The second-order valence-electron chi connectivity index (χ2n) is 8.37. The zero-order valence-electron chi connectivity index (χ0n) is 18.5. The van der Waals surface area contributed by atoms with Crippen molar-refractivity contribution in [1.82, 2.24) is 9.97 Å². The summed E-state index contributed by atoms with van der Waals surface area (Å²) in [6, 6.07) is 6.46. The Hall–Kier alpha value is -1.99. The molecular weight excluding hydrogens is 388 g/mol. The van der Waals surface area contributed by atoms with Crippen molar-refractivity contribution in [2.24, 2.45) is 0 Å². The molecule has 0 saturated heterocycles. The third-order valence-electron chi connectivity index (χ3n) is 4.52. The van der Waals surface area contributed by atoms with E-state index in [4.69, 9.17) is 9.47 Å². The Morgan fingerprint density at radius 2 is 1.66 bits per heavy atom. The van der Waals surface area contributed by atoms with Crippen molar-refractivity contribution in [2.75, 3.05) is 18.6 Å². The Balaban J connectivity index is 2.23. The van der Waals surface area contributed by atoms with Gasteiger partial charge in [-0.1, -0.05) is 18.2 Å². The second-order valence-corrected chi connectivity index (χ2v) is 10.6. The molecule has 0 fully saturated rings. The molecule has 7 heteroatoms. The summed E-state index contributed by atoms with van der Waals surface area (Å²) in [4.78, 5) is 8.97. The largest absolute Gasteiger partial charge is 0.463 e. The predicted octanol–water partition coefficient (Wildman–Crippen LogP) is 4.20. The molecule has 0 atom stereocenters. The van der Waals surface area contributed by atoms with Gasteiger partial charge in [-0.3, -0.25) is 0 Å². The Bertz CT molecular complexity index is 940. The van der Waals surface area contributed by atoms with Gasteiger partial charge in [-0.15, -0.1) is 0 Å². The Labute approximate surface area is 174 Å². The van der Waals surface area contributed by atoms with Crippen LogP contribution in [0.5, 0.6) is 6.01 Å². The quantitative estimate of drug-likeness (QED) is 0.596. The van der Waals surface area contributed by atoms with E-state index in [0.717, 1.165) is 33.6 Å². The predicted molar refractivity (Wildman–Crippen MR) is 116 cm³/mol. The van der Waals surface area contributed by atoms with E-state index in [1.54, 1.807) is 0 Å². The molecule has 0 unspecified atom stereocenters. The van der Waals surface area contributed by atoms with Gasteiger partial charge in [0.05, 0.1) is 36.0 Å². The number of aromatic nitrogens is 2. The highest BCUT2D eigenvalue weighted by Gasteiger charge is 2.17. The molecule has 6 nitrogen and oxygen atoms in total. The first kappa shape index (κ1) is 23.3. The van der Waals surface area contributed by atoms with Crippen molar-refractivity contribution >= 4 is 9.84 Å². The number of ether oxygens (including phenoxy) is 2. The van der Waals surface area contributed by atoms with Gasteiger partial charge in [0.1, 0.15) is 9.84 Å². The lowest BCUT2D eigenvalue weighted by Gasteiger charge is -2.21. The van der Waals surface area contributed by atoms with Gasteiger partial charge in [0.15, 0.2) is 0 Å². The molecule has 0 N–H and O–H groups in total. The highest BCUT2D eigenvalue weighted by atomic mass is 32.2. The second kappa shape index (κ2) is 9.22. The van der Waals surface area contributed by atoms with E-state index in [1.807, 2.05) is 40.7 Å². The minimum atomic E-state index is -2.99. The van der Waals surface area contributed by atoms with Gasteiger partial charge in [0.2, 0.25) is 0 Å². The SMILES string of the molecule is Cc1nc(OCCCS(C)(=O)=O)nc(C)c1-c1cccc(COC(C)(C)C)c1C. The maximum absolute atomic E-state index is 11.2. The molecule has 1 heterocycles. The van der Waals surface area contributed by atoms with Crippen LogP contribution in [-0.2, 0) is 21.2 Å². The van der Waals surface area contributed by atoms with Crippen LogP contribution in [-0.4, -0.2) is 42.6 Å². The Morgan fingerprint density at radius 1 is 1.03 bits per heavy atom. The Kier molecular flexibility index (Phi) is 7.40. The summed E-state index contributed by atoms with van der Waals surface area (Å²) in [5.41, 5.74) is 5.81. The molecule has 0 amide bonds. The lowest BCUT2D eigenvalue weighted by atomic mass is 9.95. The van der Waals surface area contributed by atoms with Crippen LogP contribution in [0.3, 0.4) is 0 Å². The summed E-state index contributed by atoms with van der Waals surface area (Å²) in [5, 5.41) is 0. The maximum Gasteiger partial charge on any atom is 0.316 e. The van der Waals surface area contributed by atoms with Gasteiger partial charge in [-0.2, -0.15) is 9.97 Å². The van der Waals surface area contributed by atoms with E-state index in [2.05, 4.69) is 29.0 Å². The van der Waals surface area contributed by atoms with Crippen LogP contribution in [0.1, 0.15) is 49.7 Å². The van der Waals surface area contributed by atoms with Gasteiger partial charge >= 0.3 is 6.01 Å². The van der Waals surface area contributed by atoms with Crippen molar-refractivity contribution in [2.45, 2.75) is 60.2 Å². The van der Waals surface area contributed by atoms with Crippen LogP contribution in [0.15, 0.2) is 18.2 Å². The minimum Gasteiger partial charge on any atom is -0.463 e. The molecule has 29 heavy (non-hydrogen) atoms. The highest BCUT2D eigenvalue weighted by Crippen LogP contribution is 2.31. The zero-order chi connectivity index (χ0) is 21.8. The van der Waals surface area contributed by atoms with Gasteiger partial charge in [-0.05, 0) is 64.7 Å². The maximum atomic E-state index is 11.2. The van der Waals surface area contributed by atoms with Crippen molar-refractivity contribution < 1.29 is 17.9 Å². The molecule has 1 aromatic carbocycles. The number of hydrogen-bond acceptors (Lipinski definition) is 6. The van der Waals surface area contributed by atoms with Crippen molar-refractivity contribution in [1.29, 1.82) is 0 Å². The zero-order valence-corrected chi connectivity index (χ0v) is 19.3. The molecule has 0 aliphatic carbocycles. The lowest BCUT2D eigenvalue weighted by molar-refractivity contribution is -0.0151. The van der Waals surface area contributed by atoms with E-state index in [-0.39, 0.29) is 24.0 Å². The van der Waals surface area contributed by atoms with Gasteiger partial charge in [0.25, 0.3) is 0 Å².